The number of hydrogen-bond acceptors (Lipinski definition) is 2. The number of aryl methyl sites for hydroxylation is 1. The molecule has 0 radical (unpaired) electrons. The van der Waals surface area contributed by atoms with Crippen molar-refractivity contribution in [2.75, 3.05) is 0 Å². The van der Waals surface area contributed by atoms with Crippen LogP contribution in [0.25, 0.3) is 10.9 Å². The molecule has 0 unspecified atom stereocenters. The summed E-state index contributed by atoms with van der Waals surface area (Å²) in [5.41, 5.74) is 5.25. The van der Waals surface area contributed by atoms with Gasteiger partial charge in [-0.05, 0) is 41.4 Å². The average Bonchev–Trinajstić information content (AvgIpc) is 2.24. The molecule has 2 aromatic rings. The quantitative estimate of drug-likeness (QED) is 0.742. The van der Waals surface area contributed by atoms with E-state index < -0.39 is 0 Å². The third-order valence-electron chi connectivity index (χ3n) is 3.53. The summed E-state index contributed by atoms with van der Waals surface area (Å²) in [6.45, 7) is 15.7. The van der Waals surface area contributed by atoms with Crippen LogP contribution in [0.3, 0.4) is 0 Å². The fourth-order valence-corrected chi connectivity index (χ4v) is 2.72. The molecule has 0 aliphatic heterocycles. The second kappa shape index (κ2) is 4.83. The van der Waals surface area contributed by atoms with Gasteiger partial charge in [0.05, 0.1) is 5.52 Å². The van der Waals surface area contributed by atoms with Gasteiger partial charge in [-0.3, -0.25) is 0 Å². The van der Waals surface area contributed by atoms with E-state index in [-0.39, 0.29) is 10.8 Å². The van der Waals surface area contributed by atoms with Gasteiger partial charge in [-0.25, -0.2) is 9.97 Å². The molecule has 20 heavy (non-hydrogen) atoms. The molecule has 2 rings (SSSR count). The normalized spacial score (nSPS) is 12.9. The van der Waals surface area contributed by atoms with Crippen LogP contribution in [0.1, 0.15) is 58.4 Å². The molecule has 1 heterocycles. The van der Waals surface area contributed by atoms with Crippen molar-refractivity contribution in [2.45, 2.75) is 60.3 Å². The molecule has 2 nitrogen and oxygen atoms in total. The average molecular weight is 270 g/mol. The molecule has 1 aromatic heterocycles. The summed E-state index contributed by atoms with van der Waals surface area (Å²) < 4.78 is 0. The third-order valence-corrected chi connectivity index (χ3v) is 3.53. The second-order valence-corrected chi connectivity index (χ2v) is 7.98. The molecule has 0 fully saturated rings. The molecule has 0 aliphatic rings. The van der Waals surface area contributed by atoms with Crippen molar-refractivity contribution in [2.24, 2.45) is 5.41 Å². The van der Waals surface area contributed by atoms with E-state index in [2.05, 4.69) is 70.6 Å². The highest BCUT2D eigenvalue weighted by Crippen LogP contribution is 2.33. The number of hydrogen-bond donors (Lipinski definition) is 0. The molecule has 0 N–H and O–H groups in total. The number of fused-ring (bicyclic) bond motifs is 1. The lowest BCUT2D eigenvalue weighted by molar-refractivity contribution is 0.411. The van der Waals surface area contributed by atoms with Crippen LogP contribution in [0.15, 0.2) is 18.5 Å². The zero-order chi connectivity index (χ0) is 15.1. The maximum atomic E-state index is 4.50. The molecular formula is C18H26N2. The SMILES string of the molecule is Cc1ncnc2cc(CC(C)(C)C)cc(C(C)(C)C)c12. The zero-order valence-electron chi connectivity index (χ0n) is 13.8. The molecule has 0 saturated carbocycles. The Bertz CT molecular complexity index is 628. The van der Waals surface area contributed by atoms with Gasteiger partial charge in [0.15, 0.2) is 0 Å². The Balaban J connectivity index is 2.72. The smallest absolute Gasteiger partial charge is 0.116 e. The molecule has 0 spiro atoms. The molecule has 0 atom stereocenters. The molecule has 108 valence electrons. The van der Waals surface area contributed by atoms with Gasteiger partial charge in [0, 0.05) is 11.1 Å². The fourth-order valence-electron chi connectivity index (χ4n) is 2.72. The molecule has 2 heteroatoms. The van der Waals surface area contributed by atoms with E-state index in [4.69, 9.17) is 0 Å². The standard InChI is InChI=1S/C18H26N2/c1-12-16-14(18(5,6)7)8-13(10-17(2,3)4)9-15(16)20-11-19-12/h8-9,11H,10H2,1-7H3. The maximum Gasteiger partial charge on any atom is 0.116 e. The summed E-state index contributed by atoms with van der Waals surface area (Å²) in [4.78, 5) is 8.87. The van der Waals surface area contributed by atoms with Crippen LogP contribution in [0.5, 0.6) is 0 Å². The van der Waals surface area contributed by atoms with Gasteiger partial charge < -0.3 is 0 Å². The van der Waals surface area contributed by atoms with Crippen molar-refractivity contribution in [1.29, 1.82) is 0 Å². The molecule has 1 aromatic carbocycles. The topological polar surface area (TPSA) is 25.8 Å². The number of nitrogens with zero attached hydrogens (tertiary/aromatic N) is 2. The van der Waals surface area contributed by atoms with Crippen LogP contribution in [0.2, 0.25) is 0 Å². The van der Waals surface area contributed by atoms with E-state index >= 15 is 0 Å². The highest BCUT2D eigenvalue weighted by Gasteiger charge is 2.21. The predicted molar refractivity (Wildman–Crippen MR) is 86.1 cm³/mol. The van der Waals surface area contributed by atoms with Gasteiger partial charge >= 0.3 is 0 Å². The fraction of sp³-hybridized carbons (Fsp3) is 0.556. The predicted octanol–water partition coefficient (Wildman–Crippen LogP) is 4.82. The minimum atomic E-state index is 0.0988. The van der Waals surface area contributed by atoms with E-state index in [1.54, 1.807) is 6.33 Å². The van der Waals surface area contributed by atoms with Gasteiger partial charge in [0.25, 0.3) is 0 Å². The molecular weight excluding hydrogens is 244 g/mol. The Morgan fingerprint density at radius 2 is 1.60 bits per heavy atom. The molecule has 0 bridgehead atoms. The monoisotopic (exact) mass is 270 g/mol. The van der Waals surface area contributed by atoms with E-state index in [1.165, 1.54) is 16.5 Å². The molecule has 0 saturated heterocycles. The lowest BCUT2D eigenvalue weighted by Gasteiger charge is -2.25. The van der Waals surface area contributed by atoms with E-state index in [0.717, 1.165) is 17.6 Å². The first kappa shape index (κ1) is 15.0. The highest BCUT2D eigenvalue weighted by atomic mass is 14.8. The Kier molecular flexibility index (Phi) is 3.62. The third kappa shape index (κ3) is 3.17. The Morgan fingerprint density at radius 1 is 0.950 bits per heavy atom. The van der Waals surface area contributed by atoms with Gasteiger partial charge in [0.2, 0.25) is 0 Å². The minimum absolute atomic E-state index is 0.0988. The Morgan fingerprint density at radius 3 is 2.15 bits per heavy atom. The summed E-state index contributed by atoms with van der Waals surface area (Å²) in [6, 6.07) is 4.58. The van der Waals surface area contributed by atoms with Crippen molar-refractivity contribution in [1.82, 2.24) is 9.97 Å². The Hall–Kier alpha value is -1.44. The first-order chi connectivity index (χ1) is 9.08. The lowest BCUT2D eigenvalue weighted by atomic mass is 9.80. The summed E-state index contributed by atoms with van der Waals surface area (Å²) in [5, 5.41) is 1.22. The van der Waals surface area contributed by atoms with Crippen LogP contribution in [0.4, 0.5) is 0 Å². The maximum absolute atomic E-state index is 4.50. The van der Waals surface area contributed by atoms with E-state index in [1.807, 2.05) is 0 Å². The summed E-state index contributed by atoms with van der Waals surface area (Å²) in [5.74, 6) is 0. The largest absolute Gasteiger partial charge is 0.241 e. The van der Waals surface area contributed by atoms with Gasteiger partial charge in [-0.1, -0.05) is 47.6 Å². The van der Waals surface area contributed by atoms with Crippen molar-refractivity contribution in [3.8, 4) is 0 Å². The molecule has 0 amide bonds. The van der Waals surface area contributed by atoms with Gasteiger partial charge in [-0.2, -0.15) is 0 Å². The lowest BCUT2D eigenvalue weighted by Crippen LogP contribution is -2.15. The number of aromatic nitrogens is 2. The number of benzene rings is 1. The summed E-state index contributed by atoms with van der Waals surface area (Å²) in [6.07, 6.45) is 2.74. The Labute approximate surface area is 122 Å². The van der Waals surface area contributed by atoms with Crippen LogP contribution in [-0.4, -0.2) is 9.97 Å². The van der Waals surface area contributed by atoms with Crippen LogP contribution < -0.4 is 0 Å². The van der Waals surface area contributed by atoms with E-state index in [9.17, 15) is 0 Å². The first-order valence-corrected chi connectivity index (χ1v) is 7.33. The van der Waals surface area contributed by atoms with Crippen LogP contribution in [-0.2, 0) is 11.8 Å². The zero-order valence-corrected chi connectivity index (χ0v) is 13.8. The van der Waals surface area contributed by atoms with Crippen molar-refractivity contribution in [3.63, 3.8) is 0 Å². The van der Waals surface area contributed by atoms with E-state index in [0.29, 0.717) is 0 Å². The molecule has 0 aliphatic carbocycles. The van der Waals surface area contributed by atoms with Crippen LogP contribution >= 0.6 is 0 Å². The number of rotatable bonds is 1. The van der Waals surface area contributed by atoms with Gasteiger partial charge in [0.1, 0.15) is 6.33 Å². The van der Waals surface area contributed by atoms with Crippen molar-refractivity contribution in [3.05, 3.63) is 35.3 Å². The summed E-state index contributed by atoms with van der Waals surface area (Å²) >= 11 is 0. The van der Waals surface area contributed by atoms with Crippen LogP contribution in [0, 0.1) is 12.3 Å². The highest BCUT2D eigenvalue weighted by molar-refractivity contribution is 5.86. The first-order valence-electron chi connectivity index (χ1n) is 7.33. The summed E-state index contributed by atoms with van der Waals surface area (Å²) in [7, 11) is 0. The van der Waals surface area contributed by atoms with Gasteiger partial charge in [-0.15, -0.1) is 0 Å². The second-order valence-electron chi connectivity index (χ2n) is 7.98. The van der Waals surface area contributed by atoms with Crippen molar-refractivity contribution >= 4 is 10.9 Å². The van der Waals surface area contributed by atoms with Crippen molar-refractivity contribution < 1.29 is 0 Å². The minimum Gasteiger partial charge on any atom is -0.241 e.